The lowest BCUT2D eigenvalue weighted by Crippen LogP contribution is -2.42. The number of methoxy groups -OCH3 is 1. The van der Waals surface area contributed by atoms with Crippen LogP contribution in [0.2, 0.25) is 0 Å². The summed E-state index contributed by atoms with van der Waals surface area (Å²) in [4.78, 5) is 12.7. The summed E-state index contributed by atoms with van der Waals surface area (Å²) in [5, 5.41) is 14.1. The number of carboxylic acids is 1. The minimum atomic E-state index is -2.17. The molecule has 0 spiro atoms. The lowest BCUT2D eigenvalue weighted by Gasteiger charge is -2.33. The van der Waals surface area contributed by atoms with Crippen molar-refractivity contribution in [3.63, 3.8) is 0 Å². The average Bonchev–Trinajstić information content (AvgIpc) is 2.89. The van der Waals surface area contributed by atoms with Gasteiger partial charge in [-0.05, 0) is 42.0 Å². The van der Waals surface area contributed by atoms with E-state index in [2.05, 4.69) is 72.8 Å². The Kier molecular flexibility index (Phi) is 9.01. The van der Waals surface area contributed by atoms with E-state index in [0.29, 0.717) is 18.1 Å². The molecule has 0 fully saturated rings. The van der Waals surface area contributed by atoms with E-state index in [1.807, 2.05) is 48.5 Å². The van der Waals surface area contributed by atoms with Crippen LogP contribution in [-0.4, -0.2) is 24.3 Å². The molecule has 4 aromatic carbocycles. The highest BCUT2D eigenvalue weighted by molar-refractivity contribution is 14.0. The first-order valence-electron chi connectivity index (χ1n) is 11.0. The van der Waals surface area contributed by atoms with Crippen LogP contribution in [0.1, 0.15) is 12.0 Å². The van der Waals surface area contributed by atoms with Crippen molar-refractivity contribution < 1.29 is 14.6 Å². The highest BCUT2D eigenvalue weighted by Gasteiger charge is 2.50. The third-order valence-corrected chi connectivity index (χ3v) is 10.8. The number of carbonyl (C=O) groups is 1. The molecular weight excluding hydrogens is 554 g/mol. The lowest BCUT2D eigenvalue weighted by molar-refractivity contribution is -0.164. The SMILES string of the molecule is COC(CC[P+](c1ccccc1)(c1ccccc1)c1ccccc1)(C(=O)O)c1ccccc1.I. The molecule has 0 heterocycles. The maximum Gasteiger partial charge on any atom is 0.340 e. The molecule has 174 valence electrons. The van der Waals surface area contributed by atoms with Gasteiger partial charge in [-0.3, -0.25) is 0 Å². The van der Waals surface area contributed by atoms with Crippen LogP contribution in [0.15, 0.2) is 121 Å². The fourth-order valence-corrected chi connectivity index (χ4v) is 8.96. The molecule has 0 radical (unpaired) electrons. The summed E-state index contributed by atoms with van der Waals surface area (Å²) >= 11 is 0. The van der Waals surface area contributed by atoms with Gasteiger partial charge < -0.3 is 9.84 Å². The summed E-state index contributed by atoms with van der Waals surface area (Å²) < 4.78 is 5.81. The van der Waals surface area contributed by atoms with Crippen molar-refractivity contribution in [3.05, 3.63) is 127 Å². The molecule has 4 aromatic rings. The molecule has 0 bridgehead atoms. The van der Waals surface area contributed by atoms with Gasteiger partial charge in [0, 0.05) is 13.5 Å². The molecule has 0 saturated carbocycles. The smallest absolute Gasteiger partial charge is 0.340 e. The van der Waals surface area contributed by atoms with E-state index >= 15 is 0 Å². The van der Waals surface area contributed by atoms with Crippen LogP contribution in [-0.2, 0) is 15.1 Å². The minimum Gasteiger partial charge on any atom is -0.479 e. The van der Waals surface area contributed by atoms with Crippen LogP contribution in [0.25, 0.3) is 0 Å². The number of rotatable bonds is 9. The van der Waals surface area contributed by atoms with Crippen molar-refractivity contribution in [1.29, 1.82) is 0 Å². The van der Waals surface area contributed by atoms with Crippen LogP contribution in [0.3, 0.4) is 0 Å². The molecule has 1 unspecified atom stereocenters. The standard InChI is InChI=1S/C29H27O3P.HI/c1-32-29(28(30)31,24-14-6-2-7-15-24)22-23-33(25-16-8-3-9-17-25,26-18-10-4-11-19-26)27-20-12-5-13-21-27;/h2-21H,22-23H2,1H3;1H/p+1. The zero-order valence-electron chi connectivity index (χ0n) is 19.1. The van der Waals surface area contributed by atoms with Gasteiger partial charge >= 0.3 is 5.97 Å². The third-order valence-electron chi connectivity index (χ3n) is 6.32. The topological polar surface area (TPSA) is 46.5 Å². The summed E-state index contributed by atoms with van der Waals surface area (Å²) in [7, 11) is -0.672. The first-order valence-corrected chi connectivity index (χ1v) is 13.0. The Bertz CT molecular complexity index is 1070. The second-order valence-electron chi connectivity index (χ2n) is 7.99. The van der Waals surface area contributed by atoms with E-state index in [9.17, 15) is 9.90 Å². The van der Waals surface area contributed by atoms with Gasteiger partial charge in [-0.25, -0.2) is 4.79 Å². The minimum absolute atomic E-state index is 0. The van der Waals surface area contributed by atoms with E-state index in [1.165, 1.54) is 23.0 Å². The molecule has 1 N–H and O–H groups in total. The van der Waals surface area contributed by atoms with Gasteiger partial charge in [0.15, 0.2) is 5.60 Å². The number of carboxylic acid groups (broad SMARTS) is 1. The van der Waals surface area contributed by atoms with Gasteiger partial charge in [0.2, 0.25) is 0 Å². The van der Waals surface area contributed by atoms with E-state index in [4.69, 9.17) is 4.74 Å². The summed E-state index contributed by atoms with van der Waals surface area (Å²) in [6.07, 6.45) is 0.995. The maximum atomic E-state index is 12.7. The van der Waals surface area contributed by atoms with Crippen molar-refractivity contribution in [2.24, 2.45) is 0 Å². The van der Waals surface area contributed by atoms with E-state index in [0.717, 1.165) is 0 Å². The second-order valence-corrected chi connectivity index (χ2v) is 11.6. The zero-order chi connectivity index (χ0) is 23.2. The predicted octanol–water partition coefficient (Wildman–Crippen LogP) is 5.62. The molecular formula is C29H29IO3P+. The molecule has 0 saturated heterocycles. The molecule has 0 aromatic heterocycles. The molecule has 4 rings (SSSR count). The molecule has 1 atom stereocenters. The van der Waals surface area contributed by atoms with Gasteiger partial charge in [-0.15, -0.1) is 24.0 Å². The van der Waals surface area contributed by atoms with Crippen molar-refractivity contribution >= 4 is 53.1 Å². The Balaban J connectivity index is 0.00000324. The van der Waals surface area contributed by atoms with Gasteiger partial charge in [-0.2, -0.15) is 0 Å². The van der Waals surface area contributed by atoms with Crippen molar-refractivity contribution in [1.82, 2.24) is 0 Å². The number of hydrogen-bond acceptors (Lipinski definition) is 2. The zero-order valence-corrected chi connectivity index (χ0v) is 22.3. The predicted molar refractivity (Wildman–Crippen MR) is 153 cm³/mol. The van der Waals surface area contributed by atoms with Crippen LogP contribution in [0, 0.1) is 0 Å². The summed E-state index contributed by atoms with van der Waals surface area (Å²) in [5.74, 6) is -0.969. The summed E-state index contributed by atoms with van der Waals surface area (Å²) in [6, 6.07) is 40.8. The van der Waals surface area contributed by atoms with Crippen LogP contribution >= 0.6 is 31.2 Å². The number of aliphatic carboxylic acids is 1. The molecule has 5 heteroatoms. The van der Waals surface area contributed by atoms with Crippen LogP contribution in [0.5, 0.6) is 0 Å². The number of halogens is 1. The van der Waals surface area contributed by atoms with Crippen molar-refractivity contribution in [2.45, 2.75) is 12.0 Å². The largest absolute Gasteiger partial charge is 0.479 e. The number of hydrogen-bond donors (Lipinski definition) is 1. The molecule has 34 heavy (non-hydrogen) atoms. The molecule has 0 aliphatic heterocycles. The third kappa shape index (κ3) is 4.95. The number of ether oxygens (including phenoxy) is 1. The quantitative estimate of drug-likeness (QED) is 0.206. The highest BCUT2D eigenvalue weighted by atomic mass is 127. The fourth-order valence-electron chi connectivity index (χ4n) is 4.60. The highest BCUT2D eigenvalue weighted by Crippen LogP contribution is 2.57. The van der Waals surface area contributed by atoms with E-state index < -0.39 is 18.8 Å². The van der Waals surface area contributed by atoms with E-state index in [1.54, 1.807) is 0 Å². The first kappa shape index (κ1) is 26.1. The van der Waals surface area contributed by atoms with Gasteiger partial charge in [0.25, 0.3) is 0 Å². The van der Waals surface area contributed by atoms with Gasteiger partial charge in [0.05, 0.1) is 6.16 Å². The fraction of sp³-hybridized carbons (Fsp3) is 0.138. The summed E-state index contributed by atoms with van der Waals surface area (Å²) in [6.45, 7) is 0. The second kappa shape index (κ2) is 11.7. The monoisotopic (exact) mass is 583 g/mol. The lowest BCUT2D eigenvalue weighted by atomic mass is 9.91. The first-order chi connectivity index (χ1) is 16.1. The Morgan fingerprint density at radius 3 is 1.38 bits per heavy atom. The average molecular weight is 583 g/mol. The van der Waals surface area contributed by atoms with Crippen LogP contribution < -0.4 is 15.9 Å². The molecule has 0 amide bonds. The van der Waals surface area contributed by atoms with Gasteiger partial charge in [0.1, 0.15) is 23.2 Å². The van der Waals surface area contributed by atoms with Gasteiger partial charge in [-0.1, -0.05) is 84.9 Å². The Morgan fingerprint density at radius 1 is 0.706 bits per heavy atom. The molecule has 0 aliphatic carbocycles. The Morgan fingerprint density at radius 2 is 1.06 bits per heavy atom. The van der Waals surface area contributed by atoms with Crippen molar-refractivity contribution in [2.75, 3.05) is 13.3 Å². The van der Waals surface area contributed by atoms with Crippen LogP contribution in [0.4, 0.5) is 0 Å². The molecule has 0 aliphatic rings. The maximum absolute atomic E-state index is 12.7. The molecule has 3 nitrogen and oxygen atoms in total. The van der Waals surface area contributed by atoms with Crippen molar-refractivity contribution in [3.8, 4) is 0 Å². The van der Waals surface area contributed by atoms with E-state index in [-0.39, 0.29) is 24.0 Å². The Labute approximate surface area is 219 Å². The normalized spacial score (nSPS) is 12.9. The Hall–Kier alpha value is -2.53. The summed E-state index contributed by atoms with van der Waals surface area (Å²) in [5.41, 5.74) is -0.766. The number of benzene rings is 4.